The Kier molecular flexibility index (Phi) is 6.50. The molecule has 0 aliphatic carbocycles. The first-order chi connectivity index (χ1) is 15.3. The number of ether oxygens (including phenoxy) is 2. The van der Waals surface area contributed by atoms with Crippen LogP contribution in [-0.4, -0.2) is 23.8 Å². The number of methoxy groups -OCH3 is 1. The molecule has 0 radical (unpaired) electrons. The number of halogens is 1. The number of thiazole rings is 1. The van der Waals surface area contributed by atoms with Gasteiger partial charge in [-0.1, -0.05) is 23.5 Å². The molecule has 0 saturated heterocycles. The van der Waals surface area contributed by atoms with E-state index in [4.69, 9.17) is 9.47 Å². The SMILES string of the molecule is COc1ccc([C@H]2C(C(=O)OC(C)C)=C(C)N=c3s/c(=C/c4ccc(Br)s4)c(=O)n32)cc1. The number of rotatable bonds is 5. The molecule has 2 aromatic heterocycles. The summed E-state index contributed by atoms with van der Waals surface area (Å²) >= 11 is 6.31. The molecule has 1 atom stereocenters. The van der Waals surface area contributed by atoms with Crippen LogP contribution in [0.25, 0.3) is 6.08 Å². The molecule has 0 unspecified atom stereocenters. The van der Waals surface area contributed by atoms with Gasteiger partial charge in [-0.2, -0.15) is 0 Å². The number of benzene rings is 1. The highest BCUT2D eigenvalue weighted by Crippen LogP contribution is 2.32. The van der Waals surface area contributed by atoms with E-state index in [9.17, 15) is 9.59 Å². The van der Waals surface area contributed by atoms with Crippen LogP contribution in [0.5, 0.6) is 5.75 Å². The Hall–Kier alpha value is -2.49. The smallest absolute Gasteiger partial charge is 0.338 e. The standard InChI is InChI=1S/C23H21BrN2O4S2/c1-12(2)30-22(28)19-13(3)25-23-26(20(19)14-5-7-15(29-4)8-6-14)21(27)17(32-23)11-16-9-10-18(24)31-16/h5-12,20H,1-4H3/b17-11+/t20-/m0/s1. The Morgan fingerprint density at radius 3 is 2.50 bits per heavy atom. The number of hydrogen-bond donors (Lipinski definition) is 0. The highest BCUT2D eigenvalue weighted by molar-refractivity contribution is 9.11. The molecule has 1 aliphatic rings. The van der Waals surface area contributed by atoms with Gasteiger partial charge < -0.3 is 9.47 Å². The number of hydrogen-bond acceptors (Lipinski definition) is 7. The van der Waals surface area contributed by atoms with Gasteiger partial charge in [-0.15, -0.1) is 11.3 Å². The summed E-state index contributed by atoms with van der Waals surface area (Å²) in [4.78, 5) is 32.7. The average Bonchev–Trinajstić information content (AvgIpc) is 3.29. The minimum Gasteiger partial charge on any atom is -0.497 e. The largest absolute Gasteiger partial charge is 0.497 e. The van der Waals surface area contributed by atoms with Gasteiger partial charge in [-0.3, -0.25) is 9.36 Å². The van der Waals surface area contributed by atoms with Gasteiger partial charge in [-0.05, 0) is 72.6 Å². The zero-order chi connectivity index (χ0) is 23.0. The van der Waals surface area contributed by atoms with Gasteiger partial charge in [-0.25, -0.2) is 9.79 Å². The van der Waals surface area contributed by atoms with Crippen molar-refractivity contribution in [1.29, 1.82) is 0 Å². The van der Waals surface area contributed by atoms with Crippen LogP contribution in [0.15, 0.2) is 61.2 Å². The van der Waals surface area contributed by atoms with Crippen molar-refractivity contribution in [2.45, 2.75) is 32.9 Å². The predicted octanol–water partition coefficient (Wildman–Crippen LogP) is 4.02. The van der Waals surface area contributed by atoms with Crippen LogP contribution in [0.1, 0.15) is 37.3 Å². The lowest BCUT2D eigenvalue weighted by atomic mass is 9.96. The van der Waals surface area contributed by atoms with Gasteiger partial charge in [0.05, 0.1) is 38.8 Å². The maximum Gasteiger partial charge on any atom is 0.338 e. The first kappa shape index (κ1) is 22.7. The van der Waals surface area contributed by atoms with Crippen LogP contribution in [0, 0.1) is 0 Å². The van der Waals surface area contributed by atoms with Crippen molar-refractivity contribution in [2.24, 2.45) is 4.99 Å². The molecule has 166 valence electrons. The Morgan fingerprint density at radius 1 is 1.19 bits per heavy atom. The molecule has 1 aliphatic heterocycles. The van der Waals surface area contributed by atoms with Gasteiger partial charge in [0, 0.05) is 4.88 Å². The number of esters is 1. The van der Waals surface area contributed by atoms with Gasteiger partial charge in [0.2, 0.25) is 0 Å². The van der Waals surface area contributed by atoms with Crippen LogP contribution in [0.4, 0.5) is 0 Å². The first-order valence-electron chi connectivity index (χ1n) is 9.91. The molecular weight excluding hydrogens is 512 g/mol. The van der Waals surface area contributed by atoms with Crippen LogP contribution < -0.4 is 19.6 Å². The van der Waals surface area contributed by atoms with Crippen LogP contribution in [-0.2, 0) is 9.53 Å². The van der Waals surface area contributed by atoms with Crippen LogP contribution >= 0.6 is 38.6 Å². The normalized spacial score (nSPS) is 16.2. The summed E-state index contributed by atoms with van der Waals surface area (Å²) in [6, 6.07) is 10.6. The fraction of sp³-hybridized carbons (Fsp3) is 0.261. The molecule has 3 aromatic rings. The van der Waals surface area contributed by atoms with Crippen LogP contribution in [0.2, 0.25) is 0 Å². The molecule has 9 heteroatoms. The quantitative estimate of drug-likeness (QED) is 0.465. The summed E-state index contributed by atoms with van der Waals surface area (Å²) in [7, 11) is 1.59. The summed E-state index contributed by atoms with van der Waals surface area (Å²) in [5.74, 6) is 0.218. The third kappa shape index (κ3) is 4.37. The number of fused-ring (bicyclic) bond motifs is 1. The fourth-order valence-electron chi connectivity index (χ4n) is 3.50. The van der Waals surface area contributed by atoms with Gasteiger partial charge in [0.25, 0.3) is 5.56 Å². The monoisotopic (exact) mass is 532 g/mol. The third-order valence-corrected chi connectivity index (χ3v) is 7.44. The Balaban J connectivity index is 1.93. The number of thiophene rings is 1. The number of allylic oxidation sites excluding steroid dienone is 1. The number of nitrogens with zero attached hydrogens (tertiary/aromatic N) is 2. The van der Waals surface area contributed by atoms with E-state index in [1.54, 1.807) is 43.8 Å². The molecule has 6 nitrogen and oxygen atoms in total. The molecular formula is C23H21BrN2O4S2. The van der Waals surface area contributed by atoms with Crippen molar-refractivity contribution < 1.29 is 14.3 Å². The van der Waals surface area contributed by atoms with E-state index in [0.29, 0.717) is 26.4 Å². The predicted molar refractivity (Wildman–Crippen MR) is 130 cm³/mol. The minimum absolute atomic E-state index is 0.193. The fourth-order valence-corrected chi connectivity index (χ4v) is 5.98. The van der Waals surface area contributed by atoms with E-state index in [0.717, 1.165) is 14.2 Å². The second kappa shape index (κ2) is 9.17. The molecule has 32 heavy (non-hydrogen) atoms. The molecule has 0 N–H and O–H groups in total. The average molecular weight is 533 g/mol. The van der Waals surface area contributed by atoms with Crippen LogP contribution in [0.3, 0.4) is 0 Å². The lowest BCUT2D eigenvalue weighted by Gasteiger charge is -2.25. The lowest BCUT2D eigenvalue weighted by Crippen LogP contribution is -2.40. The second-order valence-corrected chi connectivity index (χ2v) is 11.0. The molecule has 0 saturated carbocycles. The number of carbonyl (C=O) groups excluding carboxylic acids is 1. The number of aromatic nitrogens is 1. The topological polar surface area (TPSA) is 69.9 Å². The zero-order valence-corrected chi connectivity index (χ0v) is 21.1. The molecule has 0 spiro atoms. The van der Waals surface area contributed by atoms with E-state index in [2.05, 4.69) is 20.9 Å². The molecule has 3 heterocycles. The summed E-state index contributed by atoms with van der Waals surface area (Å²) in [5, 5.41) is 0. The second-order valence-electron chi connectivity index (χ2n) is 7.45. The molecule has 0 fully saturated rings. The zero-order valence-electron chi connectivity index (χ0n) is 17.9. The maximum atomic E-state index is 13.5. The van der Waals surface area contributed by atoms with E-state index in [-0.39, 0.29) is 11.7 Å². The van der Waals surface area contributed by atoms with E-state index in [1.807, 2.05) is 42.5 Å². The van der Waals surface area contributed by atoms with E-state index >= 15 is 0 Å². The highest BCUT2D eigenvalue weighted by atomic mass is 79.9. The molecule has 1 aromatic carbocycles. The highest BCUT2D eigenvalue weighted by Gasteiger charge is 2.33. The van der Waals surface area contributed by atoms with Crippen molar-refractivity contribution in [1.82, 2.24) is 4.57 Å². The van der Waals surface area contributed by atoms with Gasteiger partial charge >= 0.3 is 5.97 Å². The van der Waals surface area contributed by atoms with E-state index < -0.39 is 12.0 Å². The van der Waals surface area contributed by atoms with Gasteiger partial charge in [0.15, 0.2) is 4.80 Å². The Morgan fingerprint density at radius 2 is 1.91 bits per heavy atom. The maximum absolute atomic E-state index is 13.5. The molecule has 4 rings (SSSR count). The van der Waals surface area contributed by atoms with Crippen molar-refractivity contribution >= 4 is 50.6 Å². The third-order valence-electron chi connectivity index (χ3n) is 4.88. The summed E-state index contributed by atoms with van der Waals surface area (Å²) in [6.45, 7) is 5.37. The Bertz CT molecular complexity index is 1380. The molecule has 0 bridgehead atoms. The molecule has 0 amide bonds. The van der Waals surface area contributed by atoms with Crippen molar-refractivity contribution in [3.63, 3.8) is 0 Å². The summed E-state index contributed by atoms with van der Waals surface area (Å²) < 4.78 is 13.9. The van der Waals surface area contributed by atoms with Gasteiger partial charge in [0.1, 0.15) is 5.75 Å². The van der Waals surface area contributed by atoms with Crippen molar-refractivity contribution in [3.8, 4) is 5.75 Å². The van der Waals surface area contributed by atoms with Crippen molar-refractivity contribution in [3.05, 3.63) is 81.6 Å². The minimum atomic E-state index is -0.638. The summed E-state index contributed by atoms with van der Waals surface area (Å²) in [6.07, 6.45) is 1.57. The number of carbonyl (C=O) groups is 1. The lowest BCUT2D eigenvalue weighted by molar-refractivity contribution is -0.143. The first-order valence-corrected chi connectivity index (χ1v) is 12.3. The van der Waals surface area contributed by atoms with Crippen molar-refractivity contribution in [2.75, 3.05) is 7.11 Å². The Labute approximate surface area is 201 Å². The van der Waals surface area contributed by atoms with E-state index in [1.165, 1.54) is 11.3 Å². The summed E-state index contributed by atoms with van der Waals surface area (Å²) in [5.41, 5.74) is 1.49.